The van der Waals surface area contributed by atoms with Gasteiger partial charge in [-0.25, -0.2) is 4.39 Å². The zero-order valence-corrected chi connectivity index (χ0v) is 15.7. The fraction of sp³-hybridized carbons (Fsp3) is 0.278. The second-order valence-electron chi connectivity index (χ2n) is 6.41. The van der Waals surface area contributed by atoms with Gasteiger partial charge in [0.2, 0.25) is 0 Å². The molecule has 0 aliphatic rings. The van der Waals surface area contributed by atoms with Crippen LogP contribution in [0.25, 0.3) is 0 Å². The number of aromatic nitrogens is 3. The number of nitro groups is 1. The van der Waals surface area contributed by atoms with E-state index in [2.05, 4.69) is 15.6 Å². The van der Waals surface area contributed by atoms with Gasteiger partial charge < -0.3 is 9.84 Å². The van der Waals surface area contributed by atoms with E-state index in [1.54, 1.807) is 27.7 Å². The lowest BCUT2D eigenvalue weighted by Crippen LogP contribution is -2.17. The van der Waals surface area contributed by atoms with E-state index in [1.807, 2.05) is 0 Å². The predicted octanol–water partition coefficient (Wildman–Crippen LogP) is 3.45. The van der Waals surface area contributed by atoms with Gasteiger partial charge in [0, 0.05) is 11.3 Å². The summed E-state index contributed by atoms with van der Waals surface area (Å²) in [5.74, 6) is -0.534. The van der Waals surface area contributed by atoms with Crippen LogP contribution < -0.4 is 5.32 Å². The summed E-state index contributed by atoms with van der Waals surface area (Å²) in [5.41, 5.74) is 2.08. The number of hydrogen-bond acceptors (Lipinski definition) is 6. The number of aryl methyl sites for hydroxylation is 3. The first-order chi connectivity index (χ1) is 13.2. The zero-order valence-electron chi connectivity index (χ0n) is 15.7. The Morgan fingerprint density at radius 2 is 2.04 bits per heavy atom. The number of anilines is 1. The summed E-state index contributed by atoms with van der Waals surface area (Å²) in [6, 6.07) is 4.01. The van der Waals surface area contributed by atoms with Crippen molar-refractivity contribution < 1.29 is 18.6 Å². The third-order valence-corrected chi connectivity index (χ3v) is 4.47. The van der Waals surface area contributed by atoms with Gasteiger partial charge in [-0.3, -0.25) is 19.6 Å². The molecule has 0 radical (unpaired) electrons. The largest absolute Gasteiger partial charge is 0.361 e. The molecule has 1 aromatic carbocycles. The Kier molecular flexibility index (Phi) is 4.95. The van der Waals surface area contributed by atoms with Gasteiger partial charge >= 0.3 is 5.69 Å². The average Bonchev–Trinajstić information content (AvgIpc) is 3.10. The molecule has 0 bridgehead atoms. The number of rotatable bonds is 5. The highest BCUT2D eigenvalue weighted by Gasteiger charge is 2.26. The van der Waals surface area contributed by atoms with Crippen LogP contribution in [0, 0.1) is 43.6 Å². The van der Waals surface area contributed by atoms with Crippen LogP contribution in [0.1, 0.15) is 38.8 Å². The first kappa shape index (κ1) is 19.2. The van der Waals surface area contributed by atoms with Gasteiger partial charge in [-0.2, -0.15) is 5.10 Å². The molecule has 2 aromatic heterocycles. The monoisotopic (exact) mass is 387 g/mol. The lowest BCUT2D eigenvalue weighted by molar-refractivity contribution is -0.386. The molecule has 0 spiro atoms. The molecule has 3 aromatic rings. The van der Waals surface area contributed by atoms with Crippen LogP contribution in [0.4, 0.5) is 15.8 Å². The molecule has 1 N–H and O–H groups in total. The van der Waals surface area contributed by atoms with Gasteiger partial charge in [-0.05, 0) is 51.5 Å². The summed E-state index contributed by atoms with van der Waals surface area (Å²) in [6.07, 6.45) is 0. The summed E-state index contributed by atoms with van der Waals surface area (Å²) in [7, 11) is 0. The number of nitrogens with zero attached hydrogens (tertiary/aromatic N) is 4. The standard InChI is InChI=1S/C18H18FN5O4/c1-9-7-13(19)5-6-15(9)20-18(25)16-14(12(4)28-22-16)8-23-11(3)17(24(26)27)10(2)21-23/h5-7H,8H2,1-4H3,(H,20,25). The Labute approximate surface area is 159 Å². The van der Waals surface area contributed by atoms with Crippen molar-refractivity contribution in [3.05, 3.63) is 68.1 Å². The number of benzene rings is 1. The maximum Gasteiger partial charge on any atom is 0.312 e. The van der Waals surface area contributed by atoms with Crippen LogP contribution in [0.3, 0.4) is 0 Å². The highest BCUT2D eigenvalue weighted by Crippen LogP contribution is 2.25. The summed E-state index contributed by atoms with van der Waals surface area (Å²) < 4.78 is 19.8. The van der Waals surface area contributed by atoms with E-state index in [9.17, 15) is 19.3 Å². The highest BCUT2D eigenvalue weighted by molar-refractivity contribution is 6.04. The van der Waals surface area contributed by atoms with Crippen molar-refractivity contribution in [1.82, 2.24) is 14.9 Å². The molecule has 0 saturated heterocycles. The summed E-state index contributed by atoms with van der Waals surface area (Å²) in [6.45, 7) is 6.53. The van der Waals surface area contributed by atoms with Crippen LogP contribution >= 0.6 is 0 Å². The Balaban J connectivity index is 1.91. The summed E-state index contributed by atoms with van der Waals surface area (Å²) in [5, 5.41) is 21.9. The SMILES string of the molecule is Cc1cc(F)ccc1NC(=O)c1noc(C)c1Cn1nc(C)c([N+](=O)[O-])c1C. The maximum atomic E-state index is 13.2. The molecule has 0 fully saturated rings. The first-order valence-electron chi connectivity index (χ1n) is 8.40. The van der Waals surface area contributed by atoms with Crippen molar-refractivity contribution in [2.24, 2.45) is 0 Å². The quantitative estimate of drug-likeness (QED) is 0.529. The molecule has 146 valence electrons. The van der Waals surface area contributed by atoms with Crippen molar-refractivity contribution in [1.29, 1.82) is 0 Å². The topological polar surface area (TPSA) is 116 Å². The lowest BCUT2D eigenvalue weighted by atomic mass is 10.1. The second kappa shape index (κ2) is 7.22. The lowest BCUT2D eigenvalue weighted by Gasteiger charge is -2.08. The minimum atomic E-state index is -0.530. The Hall–Kier alpha value is -3.56. The number of hydrogen-bond donors (Lipinski definition) is 1. The van der Waals surface area contributed by atoms with E-state index in [-0.39, 0.29) is 23.6 Å². The highest BCUT2D eigenvalue weighted by atomic mass is 19.1. The van der Waals surface area contributed by atoms with Crippen LogP contribution in [0.2, 0.25) is 0 Å². The van der Waals surface area contributed by atoms with Gasteiger partial charge in [-0.1, -0.05) is 5.16 Å². The van der Waals surface area contributed by atoms with Gasteiger partial charge in [0.1, 0.15) is 23.0 Å². The number of carbonyl (C=O) groups excluding carboxylic acids is 1. The number of nitrogens with one attached hydrogen (secondary N) is 1. The molecule has 10 heteroatoms. The van der Waals surface area contributed by atoms with Gasteiger partial charge in [0.05, 0.1) is 11.5 Å². The number of carbonyl (C=O) groups is 1. The summed E-state index contributed by atoms with van der Waals surface area (Å²) in [4.78, 5) is 23.4. The van der Waals surface area contributed by atoms with Crippen molar-refractivity contribution in [2.45, 2.75) is 34.2 Å². The van der Waals surface area contributed by atoms with E-state index in [1.165, 1.54) is 22.9 Å². The summed E-state index contributed by atoms with van der Waals surface area (Å²) >= 11 is 0. The Morgan fingerprint density at radius 3 is 2.64 bits per heavy atom. The van der Waals surface area contributed by atoms with Gasteiger partial charge in [0.25, 0.3) is 5.91 Å². The molecule has 28 heavy (non-hydrogen) atoms. The molecule has 0 aliphatic carbocycles. The smallest absolute Gasteiger partial charge is 0.312 e. The molecule has 1 amide bonds. The van der Waals surface area contributed by atoms with E-state index < -0.39 is 16.6 Å². The van der Waals surface area contributed by atoms with E-state index in [0.29, 0.717) is 28.3 Å². The van der Waals surface area contributed by atoms with Crippen LogP contribution in [-0.4, -0.2) is 25.8 Å². The van der Waals surface area contributed by atoms with Crippen molar-refractivity contribution in [2.75, 3.05) is 5.32 Å². The molecule has 0 saturated carbocycles. The molecule has 0 unspecified atom stereocenters. The molecular weight excluding hydrogens is 369 g/mol. The number of halogens is 1. The molecular formula is C18H18FN5O4. The fourth-order valence-electron chi connectivity index (χ4n) is 2.96. The zero-order chi connectivity index (χ0) is 20.6. The van der Waals surface area contributed by atoms with Crippen molar-refractivity contribution in [3.63, 3.8) is 0 Å². The molecule has 2 heterocycles. The third kappa shape index (κ3) is 3.48. The third-order valence-electron chi connectivity index (χ3n) is 4.47. The molecule has 9 nitrogen and oxygen atoms in total. The predicted molar refractivity (Wildman–Crippen MR) is 97.8 cm³/mol. The van der Waals surface area contributed by atoms with Gasteiger partial charge in [-0.15, -0.1) is 0 Å². The Bertz CT molecular complexity index is 1090. The van der Waals surface area contributed by atoms with Crippen molar-refractivity contribution >= 4 is 17.3 Å². The van der Waals surface area contributed by atoms with Crippen LogP contribution in [0.15, 0.2) is 22.7 Å². The van der Waals surface area contributed by atoms with E-state index >= 15 is 0 Å². The minimum Gasteiger partial charge on any atom is -0.361 e. The van der Waals surface area contributed by atoms with Crippen LogP contribution in [-0.2, 0) is 6.54 Å². The fourth-order valence-corrected chi connectivity index (χ4v) is 2.96. The maximum absolute atomic E-state index is 13.2. The van der Waals surface area contributed by atoms with Gasteiger partial charge in [0.15, 0.2) is 5.69 Å². The second-order valence-corrected chi connectivity index (χ2v) is 6.41. The minimum absolute atomic E-state index is 0.0384. The first-order valence-corrected chi connectivity index (χ1v) is 8.40. The van der Waals surface area contributed by atoms with Crippen molar-refractivity contribution in [3.8, 4) is 0 Å². The Morgan fingerprint density at radius 1 is 1.32 bits per heavy atom. The molecule has 0 atom stereocenters. The average molecular weight is 387 g/mol. The van der Waals surface area contributed by atoms with E-state index in [0.717, 1.165) is 0 Å². The normalized spacial score (nSPS) is 10.9. The number of amides is 1. The molecule has 0 aliphatic heterocycles. The molecule has 3 rings (SSSR count). The van der Waals surface area contributed by atoms with Crippen LogP contribution in [0.5, 0.6) is 0 Å². The van der Waals surface area contributed by atoms with E-state index in [4.69, 9.17) is 4.52 Å².